The highest BCUT2D eigenvalue weighted by molar-refractivity contribution is 5.73. The fraction of sp³-hybridized carbons (Fsp3) is 0.417. The maximum absolute atomic E-state index is 13.3. The molecule has 0 spiro atoms. The number of hydrogen-bond acceptors (Lipinski definition) is 4. The smallest absolute Gasteiger partial charge is 0.381 e. The van der Waals surface area contributed by atoms with Crippen molar-refractivity contribution in [1.82, 2.24) is 0 Å². The van der Waals surface area contributed by atoms with E-state index in [0.717, 1.165) is 0 Å². The lowest BCUT2D eigenvalue weighted by Crippen LogP contribution is -2.24. The zero-order valence-electron chi connectivity index (χ0n) is 9.81. The van der Waals surface area contributed by atoms with Gasteiger partial charge in [-0.25, -0.2) is 4.79 Å². The van der Waals surface area contributed by atoms with Crippen LogP contribution in [0.25, 0.3) is 0 Å². The average Bonchev–Trinajstić information content (AvgIpc) is 2.32. The van der Waals surface area contributed by atoms with Crippen molar-refractivity contribution in [3.8, 4) is 11.5 Å². The molecular weight excluding hydrogens is 227 g/mol. The third-order valence-electron chi connectivity index (χ3n) is 1.85. The summed E-state index contributed by atoms with van der Waals surface area (Å²) in [7, 11) is 0. The summed E-state index contributed by atoms with van der Waals surface area (Å²) in [4.78, 5) is 11.1. The summed E-state index contributed by atoms with van der Waals surface area (Å²) in [6, 6.07) is 6.55. The van der Waals surface area contributed by atoms with E-state index in [1.165, 1.54) is 6.07 Å². The van der Waals surface area contributed by atoms with Crippen molar-refractivity contribution in [3.63, 3.8) is 0 Å². The normalized spacial score (nSPS) is 11.7. The molecule has 0 N–H and O–H groups in total. The first-order valence-electron chi connectivity index (χ1n) is 5.38. The lowest BCUT2D eigenvalue weighted by atomic mass is 10.3. The Morgan fingerprint density at radius 3 is 2.47 bits per heavy atom. The van der Waals surface area contributed by atoms with E-state index in [-0.39, 0.29) is 12.4 Å². The van der Waals surface area contributed by atoms with Gasteiger partial charge < -0.3 is 14.2 Å². The lowest BCUT2D eigenvalue weighted by molar-refractivity contribution is -0.159. The minimum Gasteiger partial charge on any atom is -0.490 e. The molecule has 1 aromatic carbocycles. The highest BCUT2D eigenvalue weighted by atomic mass is 19.1. The molecule has 5 heteroatoms. The zero-order chi connectivity index (χ0) is 12.7. The van der Waals surface area contributed by atoms with Crippen molar-refractivity contribution < 1.29 is 23.4 Å². The molecule has 0 aliphatic carbocycles. The number of alkyl halides is 1. The van der Waals surface area contributed by atoms with E-state index in [1.54, 1.807) is 32.0 Å². The second-order valence-electron chi connectivity index (χ2n) is 3.07. The molecule has 0 fully saturated rings. The molecule has 0 saturated heterocycles. The van der Waals surface area contributed by atoms with Crippen LogP contribution in [0.3, 0.4) is 0 Å². The molecule has 1 aromatic rings. The number of para-hydroxylation sites is 2. The average molecular weight is 242 g/mol. The minimum absolute atomic E-state index is 0.107. The van der Waals surface area contributed by atoms with Crippen molar-refractivity contribution in [3.05, 3.63) is 24.3 Å². The van der Waals surface area contributed by atoms with E-state index in [9.17, 15) is 9.18 Å². The van der Waals surface area contributed by atoms with E-state index in [4.69, 9.17) is 9.47 Å². The number of carbonyl (C=O) groups excluding carboxylic acids is 1. The first kappa shape index (κ1) is 13.3. The van der Waals surface area contributed by atoms with Gasteiger partial charge in [-0.2, -0.15) is 4.39 Å². The molecule has 0 saturated carbocycles. The number of ether oxygens (including phenoxy) is 3. The minimum atomic E-state index is -2.14. The monoisotopic (exact) mass is 242 g/mol. The fourth-order valence-electron chi connectivity index (χ4n) is 1.19. The first-order valence-corrected chi connectivity index (χ1v) is 5.38. The summed E-state index contributed by atoms with van der Waals surface area (Å²) in [5.41, 5.74) is 0. The Labute approximate surface area is 99.3 Å². The number of rotatable bonds is 6. The quantitative estimate of drug-likeness (QED) is 0.718. The predicted octanol–water partition coefficient (Wildman–Crippen LogP) is 2.32. The summed E-state index contributed by atoms with van der Waals surface area (Å²) in [6.45, 7) is 3.93. The van der Waals surface area contributed by atoms with Gasteiger partial charge in [-0.3, -0.25) is 0 Å². The molecule has 1 atom stereocenters. The fourth-order valence-corrected chi connectivity index (χ4v) is 1.19. The Morgan fingerprint density at radius 2 is 1.88 bits per heavy atom. The molecule has 94 valence electrons. The van der Waals surface area contributed by atoms with Crippen LogP contribution in [0.2, 0.25) is 0 Å². The second-order valence-corrected chi connectivity index (χ2v) is 3.07. The number of hydrogen-bond donors (Lipinski definition) is 0. The van der Waals surface area contributed by atoms with Crippen molar-refractivity contribution in [2.24, 2.45) is 0 Å². The van der Waals surface area contributed by atoms with Crippen LogP contribution in [0.5, 0.6) is 11.5 Å². The molecule has 0 heterocycles. The summed E-state index contributed by atoms with van der Waals surface area (Å²) in [5, 5.41) is 0. The topological polar surface area (TPSA) is 44.8 Å². The maximum Gasteiger partial charge on any atom is 0.381 e. The Bertz CT molecular complexity index is 367. The number of halogens is 1. The van der Waals surface area contributed by atoms with E-state index >= 15 is 0 Å². The summed E-state index contributed by atoms with van der Waals surface area (Å²) in [5.74, 6) is -0.476. The van der Waals surface area contributed by atoms with Crippen LogP contribution < -0.4 is 9.47 Å². The summed E-state index contributed by atoms with van der Waals surface area (Å²) < 4.78 is 27.9. The van der Waals surface area contributed by atoms with Crippen LogP contribution in [0.1, 0.15) is 13.8 Å². The van der Waals surface area contributed by atoms with Gasteiger partial charge in [0.1, 0.15) is 0 Å². The molecule has 0 aliphatic rings. The van der Waals surface area contributed by atoms with Crippen molar-refractivity contribution >= 4 is 5.97 Å². The number of benzene rings is 1. The van der Waals surface area contributed by atoms with Gasteiger partial charge in [-0.05, 0) is 26.0 Å². The first-order chi connectivity index (χ1) is 8.19. The van der Waals surface area contributed by atoms with Crippen LogP contribution in [0, 0.1) is 0 Å². The third-order valence-corrected chi connectivity index (χ3v) is 1.85. The Kier molecular flexibility index (Phi) is 5.26. The molecule has 0 aliphatic heterocycles. The van der Waals surface area contributed by atoms with Crippen molar-refractivity contribution in [2.75, 3.05) is 13.2 Å². The van der Waals surface area contributed by atoms with Crippen LogP contribution in [-0.2, 0) is 9.53 Å². The Balaban J connectivity index is 2.70. The molecule has 0 bridgehead atoms. The van der Waals surface area contributed by atoms with Crippen LogP contribution in [0.4, 0.5) is 4.39 Å². The molecule has 0 aromatic heterocycles. The van der Waals surface area contributed by atoms with E-state index in [0.29, 0.717) is 12.4 Å². The van der Waals surface area contributed by atoms with Crippen LogP contribution in [0.15, 0.2) is 24.3 Å². The van der Waals surface area contributed by atoms with Gasteiger partial charge >= 0.3 is 12.3 Å². The van der Waals surface area contributed by atoms with E-state index < -0.39 is 12.3 Å². The van der Waals surface area contributed by atoms with Gasteiger partial charge in [0.25, 0.3) is 0 Å². The van der Waals surface area contributed by atoms with Gasteiger partial charge in [0.05, 0.1) is 13.2 Å². The summed E-state index contributed by atoms with van der Waals surface area (Å²) in [6.07, 6.45) is -2.14. The predicted molar refractivity (Wildman–Crippen MR) is 59.8 cm³/mol. The van der Waals surface area contributed by atoms with Gasteiger partial charge in [0, 0.05) is 0 Å². The third kappa shape index (κ3) is 3.94. The van der Waals surface area contributed by atoms with Gasteiger partial charge in [0.2, 0.25) is 0 Å². The molecule has 1 rings (SSSR count). The maximum atomic E-state index is 13.3. The second kappa shape index (κ2) is 6.73. The molecule has 17 heavy (non-hydrogen) atoms. The van der Waals surface area contributed by atoms with Gasteiger partial charge in [0.15, 0.2) is 11.5 Å². The van der Waals surface area contributed by atoms with E-state index in [2.05, 4.69) is 4.74 Å². The van der Waals surface area contributed by atoms with Crippen molar-refractivity contribution in [1.29, 1.82) is 0 Å². The summed E-state index contributed by atoms with van der Waals surface area (Å²) >= 11 is 0. The Hall–Kier alpha value is -1.78. The van der Waals surface area contributed by atoms with Crippen molar-refractivity contribution in [2.45, 2.75) is 20.2 Å². The molecule has 0 radical (unpaired) electrons. The van der Waals surface area contributed by atoms with E-state index in [1.807, 2.05) is 0 Å². The standard InChI is InChI=1S/C12H15FO4/c1-3-15-9-7-5-6-8-10(9)17-11(13)12(14)16-4-2/h5-8,11H,3-4H2,1-2H3. The zero-order valence-corrected chi connectivity index (χ0v) is 9.81. The highest BCUT2D eigenvalue weighted by Crippen LogP contribution is 2.27. The number of carbonyl (C=O) groups is 1. The van der Waals surface area contributed by atoms with Gasteiger partial charge in [-0.1, -0.05) is 12.1 Å². The lowest BCUT2D eigenvalue weighted by Gasteiger charge is -2.13. The molecule has 0 amide bonds. The highest BCUT2D eigenvalue weighted by Gasteiger charge is 2.21. The number of esters is 1. The molecule has 4 nitrogen and oxygen atoms in total. The SMILES string of the molecule is CCOC(=O)C(F)Oc1ccccc1OCC. The van der Waals surface area contributed by atoms with Crippen LogP contribution >= 0.6 is 0 Å². The van der Waals surface area contributed by atoms with Gasteiger partial charge in [-0.15, -0.1) is 0 Å². The molecule has 1 unspecified atom stereocenters. The Morgan fingerprint density at radius 1 is 1.24 bits per heavy atom. The molecular formula is C12H15FO4. The largest absolute Gasteiger partial charge is 0.490 e. The van der Waals surface area contributed by atoms with Crippen LogP contribution in [-0.4, -0.2) is 25.5 Å².